The number of fused-ring (bicyclic) bond motifs is 2. The van der Waals surface area contributed by atoms with Crippen LogP contribution >= 0.6 is 0 Å². The van der Waals surface area contributed by atoms with Gasteiger partial charge in [-0.1, -0.05) is 12.2 Å². The van der Waals surface area contributed by atoms with Gasteiger partial charge in [0, 0.05) is 19.1 Å². The highest BCUT2D eigenvalue weighted by atomic mass is 19.1. The quantitative estimate of drug-likeness (QED) is 0.619. The monoisotopic (exact) mass is 402 g/mol. The molecule has 1 saturated carbocycles. The van der Waals surface area contributed by atoms with E-state index >= 15 is 8.78 Å². The number of rotatable bonds is 3. The second-order valence-corrected chi connectivity index (χ2v) is 8.08. The second-order valence-electron chi connectivity index (χ2n) is 8.08. The summed E-state index contributed by atoms with van der Waals surface area (Å²) in [6, 6.07) is 0.952. The van der Waals surface area contributed by atoms with E-state index in [9.17, 15) is 9.59 Å². The van der Waals surface area contributed by atoms with Crippen molar-refractivity contribution < 1.29 is 23.4 Å². The fraction of sp³-hybridized carbons (Fsp3) is 0.429. The fourth-order valence-electron chi connectivity index (χ4n) is 4.69. The summed E-state index contributed by atoms with van der Waals surface area (Å²) in [7, 11) is 0. The molecule has 5 rings (SSSR count). The van der Waals surface area contributed by atoms with Crippen molar-refractivity contribution in [3.8, 4) is 5.75 Å². The zero-order valence-corrected chi connectivity index (χ0v) is 15.6. The molecule has 2 aromatic rings. The number of anilines is 1. The minimum absolute atomic E-state index is 0.0112. The summed E-state index contributed by atoms with van der Waals surface area (Å²) in [6.07, 6.45) is 7.35. The Balaban J connectivity index is 1.68. The minimum atomic E-state index is -1.64. The van der Waals surface area contributed by atoms with Gasteiger partial charge >= 0.3 is 6.16 Å². The average Bonchev–Trinajstić information content (AvgIpc) is 3.43. The number of aromatic nitrogens is 1. The number of carboxylic acid groups (broad SMARTS) is 1. The molecule has 0 amide bonds. The van der Waals surface area contributed by atoms with Gasteiger partial charge in [0.15, 0.2) is 11.6 Å². The summed E-state index contributed by atoms with van der Waals surface area (Å²) in [5.41, 5.74) is -0.931. The van der Waals surface area contributed by atoms with Crippen LogP contribution in [0.5, 0.6) is 5.75 Å². The van der Waals surface area contributed by atoms with Gasteiger partial charge in [0.2, 0.25) is 5.43 Å². The number of pyridine rings is 1. The standard InChI is InChI=1S/C21H20F2N2O4/c22-15-7-14-18(25(13-5-6-13)10-16(20(14)26)29-21(27)28)17(23)19(15)24-8-11-3-1-2-4-12(11)9-24/h1,3,7,10-13H,2,4-6,8-9H2,(H,27,28). The first kappa shape index (κ1) is 18.1. The third kappa shape index (κ3) is 2.97. The molecule has 2 unspecified atom stereocenters. The molecule has 6 nitrogen and oxygen atoms in total. The molecule has 152 valence electrons. The zero-order valence-electron chi connectivity index (χ0n) is 15.6. The Morgan fingerprint density at radius 3 is 2.69 bits per heavy atom. The Bertz CT molecular complexity index is 1110. The molecule has 1 saturated heterocycles. The number of nitrogens with zero attached hydrogens (tertiary/aromatic N) is 2. The third-order valence-corrected chi connectivity index (χ3v) is 6.18. The molecule has 0 spiro atoms. The van der Waals surface area contributed by atoms with Gasteiger partial charge < -0.3 is 19.3 Å². The summed E-state index contributed by atoms with van der Waals surface area (Å²) in [5, 5.41) is 8.67. The molecule has 0 radical (unpaired) electrons. The van der Waals surface area contributed by atoms with E-state index in [-0.39, 0.29) is 28.6 Å². The van der Waals surface area contributed by atoms with E-state index in [0.29, 0.717) is 19.0 Å². The van der Waals surface area contributed by atoms with Crippen LogP contribution in [0.1, 0.15) is 31.7 Å². The fourth-order valence-corrected chi connectivity index (χ4v) is 4.69. The zero-order chi connectivity index (χ0) is 20.3. The van der Waals surface area contributed by atoms with E-state index < -0.39 is 29.0 Å². The second kappa shape index (κ2) is 6.57. The molecule has 2 atom stereocenters. The molecule has 1 aromatic heterocycles. The highest BCUT2D eigenvalue weighted by Crippen LogP contribution is 2.42. The highest BCUT2D eigenvalue weighted by Gasteiger charge is 2.36. The minimum Gasteiger partial charge on any atom is -0.449 e. The average molecular weight is 402 g/mol. The molecule has 2 aliphatic carbocycles. The van der Waals surface area contributed by atoms with Crippen LogP contribution in [0.2, 0.25) is 0 Å². The Morgan fingerprint density at radius 1 is 1.21 bits per heavy atom. The SMILES string of the molecule is O=C(O)Oc1cn(C2CC2)c2c(F)c(N3CC4C=CCCC4C3)c(F)cc2c1=O. The number of hydrogen-bond acceptors (Lipinski definition) is 4. The van der Waals surface area contributed by atoms with Crippen LogP contribution in [0.3, 0.4) is 0 Å². The molecule has 29 heavy (non-hydrogen) atoms. The van der Waals surface area contributed by atoms with Crippen LogP contribution in [0.25, 0.3) is 10.9 Å². The van der Waals surface area contributed by atoms with E-state index in [1.807, 2.05) is 0 Å². The first-order chi connectivity index (χ1) is 13.9. The number of ether oxygens (including phenoxy) is 1. The number of carbonyl (C=O) groups is 1. The molecular formula is C21H20F2N2O4. The van der Waals surface area contributed by atoms with E-state index in [0.717, 1.165) is 31.7 Å². The van der Waals surface area contributed by atoms with Crippen molar-refractivity contribution in [3.05, 3.63) is 46.3 Å². The largest absolute Gasteiger partial charge is 0.511 e. The van der Waals surface area contributed by atoms with Gasteiger partial charge in [-0.25, -0.2) is 13.6 Å². The Morgan fingerprint density at radius 2 is 2.00 bits per heavy atom. The lowest BCUT2D eigenvalue weighted by atomic mass is 9.87. The molecule has 0 bridgehead atoms. The molecule has 8 heteroatoms. The number of allylic oxidation sites excluding steroid dienone is 1. The Labute approximate surface area is 165 Å². The number of benzene rings is 1. The molecule has 1 aromatic carbocycles. The van der Waals surface area contributed by atoms with Crippen LogP contribution in [-0.2, 0) is 0 Å². The molecular weight excluding hydrogens is 382 g/mol. The van der Waals surface area contributed by atoms with Gasteiger partial charge in [0.05, 0.1) is 17.1 Å². The smallest absolute Gasteiger partial charge is 0.449 e. The third-order valence-electron chi connectivity index (χ3n) is 6.18. The first-order valence-corrected chi connectivity index (χ1v) is 9.83. The predicted octanol–water partition coefficient (Wildman–Crippen LogP) is 4.07. The van der Waals surface area contributed by atoms with E-state index in [1.165, 1.54) is 10.8 Å². The van der Waals surface area contributed by atoms with Crippen LogP contribution in [0, 0.1) is 23.5 Å². The topological polar surface area (TPSA) is 71.8 Å². The first-order valence-electron chi connectivity index (χ1n) is 9.83. The van der Waals surface area contributed by atoms with E-state index in [1.54, 1.807) is 4.90 Å². The molecule has 1 aliphatic heterocycles. The van der Waals surface area contributed by atoms with Crippen molar-refractivity contribution in [2.75, 3.05) is 18.0 Å². The summed E-state index contributed by atoms with van der Waals surface area (Å²) in [6.45, 7) is 1.11. The van der Waals surface area contributed by atoms with Crippen molar-refractivity contribution in [2.45, 2.75) is 31.7 Å². The predicted molar refractivity (Wildman–Crippen MR) is 103 cm³/mol. The van der Waals surface area contributed by atoms with Crippen molar-refractivity contribution in [1.82, 2.24) is 4.57 Å². The van der Waals surface area contributed by atoms with Crippen LogP contribution in [-0.4, -0.2) is 28.9 Å². The van der Waals surface area contributed by atoms with Gasteiger partial charge in [0.1, 0.15) is 11.5 Å². The Kier molecular flexibility index (Phi) is 4.11. The van der Waals surface area contributed by atoms with E-state index in [4.69, 9.17) is 5.11 Å². The maximum absolute atomic E-state index is 15.7. The lowest BCUT2D eigenvalue weighted by molar-refractivity contribution is 0.143. The van der Waals surface area contributed by atoms with Crippen molar-refractivity contribution in [2.24, 2.45) is 11.8 Å². The van der Waals surface area contributed by atoms with Crippen molar-refractivity contribution in [1.29, 1.82) is 0 Å². The van der Waals surface area contributed by atoms with Gasteiger partial charge in [-0.2, -0.15) is 0 Å². The summed E-state index contributed by atoms with van der Waals surface area (Å²) < 4.78 is 36.8. The Hall–Kier alpha value is -2.90. The van der Waals surface area contributed by atoms with Gasteiger partial charge in [-0.15, -0.1) is 0 Å². The molecule has 2 fully saturated rings. The lowest BCUT2D eigenvalue weighted by Gasteiger charge is -2.22. The van der Waals surface area contributed by atoms with Crippen LogP contribution in [0.4, 0.5) is 19.3 Å². The maximum atomic E-state index is 15.7. The van der Waals surface area contributed by atoms with Crippen molar-refractivity contribution in [3.63, 3.8) is 0 Å². The maximum Gasteiger partial charge on any atom is 0.511 e. The van der Waals surface area contributed by atoms with Gasteiger partial charge in [0.25, 0.3) is 0 Å². The van der Waals surface area contributed by atoms with E-state index in [2.05, 4.69) is 16.9 Å². The summed E-state index contributed by atoms with van der Waals surface area (Å²) in [4.78, 5) is 25.3. The molecule has 3 aliphatic rings. The van der Waals surface area contributed by atoms with Gasteiger partial charge in [-0.3, -0.25) is 4.79 Å². The molecule has 2 heterocycles. The van der Waals surface area contributed by atoms with Crippen molar-refractivity contribution >= 4 is 22.7 Å². The van der Waals surface area contributed by atoms with Crippen LogP contribution < -0.4 is 15.1 Å². The van der Waals surface area contributed by atoms with Crippen LogP contribution in [0.15, 0.2) is 29.2 Å². The highest BCUT2D eigenvalue weighted by molar-refractivity contribution is 5.86. The molecule has 1 N–H and O–H groups in total. The summed E-state index contributed by atoms with van der Waals surface area (Å²) >= 11 is 0. The number of halogens is 2. The normalized spacial score (nSPS) is 23.4. The van der Waals surface area contributed by atoms with Gasteiger partial charge in [-0.05, 0) is 43.6 Å². The number of hydrogen-bond donors (Lipinski definition) is 1. The summed E-state index contributed by atoms with van der Waals surface area (Å²) in [5.74, 6) is -1.39. The lowest BCUT2D eigenvalue weighted by Crippen LogP contribution is -2.24.